The average Bonchev–Trinajstić information content (AvgIpc) is 3.05. The van der Waals surface area contributed by atoms with Gasteiger partial charge in [0.25, 0.3) is 0 Å². The zero-order chi connectivity index (χ0) is 19.4. The van der Waals surface area contributed by atoms with E-state index >= 15 is 0 Å². The Morgan fingerprint density at radius 1 is 1.11 bits per heavy atom. The molecule has 1 atom stereocenters. The van der Waals surface area contributed by atoms with Crippen LogP contribution in [0.2, 0.25) is 0 Å². The molecule has 1 unspecified atom stereocenters. The lowest BCUT2D eigenvalue weighted by Crippen LogP contribution is -2.25. The first kappa shape index (κ1) is 19.3. The number of Topliss-reactive ketones (excluding diaryl/α,β-unsaturated/α-hetero) is 2. The number of aliphatic hydroxyl groups is 1. The summed E-state index contributed by atoms with van der Waals surface area (Å²) >= 11 is 0. The third-order valence-electron chi connectivity index (χ3n) is 5.35. The lowest BCUT2D eigenvalue weighted by molar-refractivity contribution is 0.0977. The van der Waals surface area contributed by atoms with E-state index in [4.69, 9.17) is 9.84 Å². The normalized spacial score (nSPS) is 18.0. The Labute approximate surface area is 160 Å². The van der Waals surface area contributed by atoms with E-state index in [1.54, 1.807) is 6.07 Å². The quantitative estimate of drug-likeness (QED) is 0.558. The lowest BCUT2D eigenvalue weighted by atomic mass is 9.76. The third-order valence-corrected chi connectivity index (χ3v) is 5.35. The third kappa shape index (κ3) is 3.67. The van der Waals surface area contributed by atoms with Gasteiger partial charge in [-0.05, 0) is 37.5 Å². The Morgan fingerprint density at radius 3 is 2.52 bits per heavy atom. The second kappa shape index (κ2) is 8.05. The second-order valence-corrected chi connectivity index (χ2v) is 7.27. The van der Waals surface area contributed by atoms with Gasteiger partial charge in [-0.15, -0.1) is 0 Å². The number of ketones is 2. The van der Waals surface area contributed by atoms with Crippen LogP contribution in [-0.2, 0) is 5.41 Å². The molecule has 0 radical (unpaired) electrons. The standard InChI is InChI=1S/C23H26O4/c1-3-20(25)18-13-16(21(26)11-7-8-12-24)14-19-22(18)27-15-23(19,2)17-9-5-4-6-10-17/h4-6,9-10,13-14,24H,3,7-8,11-12,15H2,1-2H3. The SMILES string of the molecule is CCC(=O)c1cc(C(=O)CCCCO)cc2c1OCC2(C)c1ccccc1. The molecule has 0 amide bonds. The van der Waals surface area contributed by atoms with E-state index in [2.05, 4.69) is 19.1 Å². The molecule has 4 nitrogen and oxygen atoms in total. The van der Waals surface area contributed by atoms with Gasteiger partial charge in [-0.3, -0.25) is 9.59 Å². The van der Waals surface area contributed by atoms with Gasteiger partial charge in [0.1, 0.15) is 12.4 Å². The van der Waals surface area contributed by atoms with Crippen molar-refractivity contribution in [1.82, 2.24) is 0 Å². The minimum absolute atomic E-state index is 0.00119. The van der Waals surface area contributed by atoms with Crippen LogP contribution in [0.15, 0.2) is 42.5 Å². The van der Waals surface area contributed by atoms with Crippen molar-refractivity contribution >= 4 is 11.6 Å². The molecular formula is C23H26O4. The maximum absolute atomic E-state index is 12.7. The highest BCUT2D eigenvalue weighted by molar-refractivity contribution is 6.04. The minimum atomic E-state index is -0.402. The molecule has 0 aliphatic carbocycles. The predicted molar refractivity (Wildman–Crippen MR) is 105 cm³/mol. The summed E-state index contributed by atoms with van der Waals surface area (Å²) in [4.78, 5) is 25.2. The maximum Gasteiger partial charge on any atom is 0.166 e. The van der Waals surface area contributed by atoms with Crippen LogP contribution in [0.25, 0.3) is 0 Å². The molecular weight excluding hydrogens is 340 g/mol. The molecule has 2 aromatic rings. The molecule has 142 valence electrons. The Morgan fingerprint density at radius 2 is 1.85 bits per heavy atom. The summed E-state index contributed by atoms with van der Waals surface area (Å²) in [6.45, 7) is 4.43. The smallest absolute Gasteiger partial charge is 0.166 e. The van der Waals surface area contributed by atoms with Crippen LogP contribution in [0.4, 0.5) is 0 Å². The molecule has 1 aliphatic rings. The highest BCUT2D eigenvalue weighted by Crippen LogP contribution is 2.46. The molecule has 27 heavy (non-hydrogen) atoms. The molecule has 0 aromatic heterocycles. The van der Waals surface area contributed by atoms with E-state index in [9.17, 15) is 9.59 Å². The van der Waals surface area contributed by atoms with Crippen molar-refractivity contribution < 1.29 is 19.4 Å². The van der Waals surface area contributed by atoms with Gasteiger partial charge in [0, 0.05) is 30.6 Å². The second-order valence-electron chi connectivity index (χ2n) is 7.27. The van der Waals surface area contributed by atoms with Crippen molar-refractivity contribution in [1.29, 1.82) is 0 Å². The number of aliphatic hydroxyl groups excluding tert-OH is 1. The van der Waals surface area contributed by atoms with Crippen molar-refractivity contribution in [2.24, 2.45) is 0 Å². The Bertz CT molecular complexity index is 841. The molecule has 0 fully saturated rings. The van der Waals surface area contributed by atoms with Crippen LogP contribution < -0.4 is 4.74 Å². The first-order valence-corrected chi connectivity index (χ1v) is 9.55. The highest BCUT2D eigenvalue weighted by atomic mass is 16.5. The first-order chi connectivity index (χ1) is 13.0. The van der Waals surface area contributed by atoms with Gasteiger partial charge in [0.15, 0.2) is 11.6 Å². The van der Waals surface area contributed by atoms with E-state index in [0.29, 0.717) is 49.2 Å². The van der Waals surface area contributed by atoms with E-state index in [-0.39, 0.29) is 18.2 Å². The van der Waals surface area contributed by atoms with E-state index in [1.807, 2.05) is 31.2 Å². The number of hydrogen-bond acceptors (Lipinski definition) is 4. The van der Waals surface area contributed by atoms with Crippen molar-refractivity contribution in [3.63, 3.8) is 0 Å². The molecule has 0 saturated heterocycles. The Balaban J connectivity index is 2.08. The molecule has 1 heterocycles. The number of hydrogen-bond donors (Lipinski definition) is 1. The van der Waals surface area contributed by atoms with Crippen LogP contribution in [0.5, 0.6) is 5.75 Å². The van der Waals surface area contributed by atoms with E-state index in [1.165, 1.54) is 0 Å². The van der Waals surface area contributed by atoms with Crippen LogP contribution >= 0.6 is 0 Å². The van der Waals surface area contributed by atoms with Gasteiger partial charge in [-0.25, -0.2) is 0 Å². The first-order valence-electron chi connectivity index (χ1n) is 9.55. The molecule has 4 heteroatoms. The summed E-state index contributed by atoms with van der Waals surface area (Å²) < 4.78 is 5.99. The Kier molecular flexibility index (Phi) is 5.76. The fraction of sp³-hybridized carbons (Fsp3) is 0.391. The van der Waals surface area contributed by atoms with Crippen LogP contribution in [0, 0.1) is 0 Å². The molecule has 3 rings (SSSR count). The van der Waals surface area contributed by atoms with Gasteiger partial charge in [0.2, 0.25) is 0 Å². The number of benzene rings is 2. The number of rotatable bonds is 8. The zero-order valence-corrected chi connectivity index (χ0v) is 16.0. The monoisotopic (exact) mass is 366 g/mol. The van der Waals surface area contributed by atoms with Gasteiger partial charge < -0.3 is 9.84 Å². The summed E-state index contributed by atoms with van der Waals surface area (Å²) in [7, 11) is 0. The van der Waals surface area contributed by atoms with Gasteiger partial charge in [0.05, 0.1) is 11.0 Å². The van der Waals surface area contributed by atoms with Crippen molar-refractivity contribution in [3.8, 4) is 5.75 Å². The molecule has 0 bridgehead atoms. The molecule has 1 aliphatic heterocycles. The van der Waals surface area contributed by atoms with Gasteiger partial charge in [-0.1, -0.05) is 37.3 Å². The number of carbonyl (C=O) groups excluding carboxylic acids is 2. The average molecular weight is 366 g/mol. The van der Waals surface area contributed by atoms with Crippen molar-refractivity contribution in [2.45, 2.75) is 44.9 Å². The molecule has 1 N–H and O–H groups in total. The predicted octanol–water partition coefficient (Wildman–Crippen LogP) is 4.32. The summed E-state index contributed by atoms with van der Waals surface area (Å²) in [5, 5.41) is 8.95. The number of ether oxygens (including phenoxy) is 1. The summed E-state index contributed by atoms with van der Waals surface area (Å²) in [5.74, 6) is 0.590. The van der Waals surface area contributed by atoms with Crippen molar-refractivity contribution in [3.05, 3.63) is 64.7 Å². The van der Waals surface area contributed by atoms with Crippen LogP contribution in [-0.4, -0.2) is 29.9 Å². The number of carbonyl (C=O) groups is 2. The van der Waals surface area contributed by atoms with Crippen molar-refractivity contribution in [2.75, 3.05) is 13.2 Å². The summed E-state index contributed by atoms with van der Waals surface area (Å²) in [5.41, 5.74) is 2.65. The largest absolute Gasteiger partial charge is 0.491 e. The van der Waals surface area contributed by atoms with E-state index in [0.717, 1.165) is 11.1 Å². The zero-order valence-electron chi connectivity index (χ0n) is 16.0. The van der Waals surface area contributed by atoms with Gasteiger partial charge in [-0.2, -0.15) is 0 Å². The maximum atomic E-state index is 12.7. The highest BCUT2D eigenvalue weighted by Gasteiger charge is 2.40. The van der Waals surface area contributed by atoms with Crippen LogP contribution in [0.1, 0.15) is 71.4 Å². The number of fused-ring (bicyclic) bond motifs is 1. The molecule has 0 spiro atoms. The fourth-order valence-electron chi connectivity index (χ4n) is 3.63. The summed E-state index contributed by atoms with van der Waals surface area (Å²) in [6.07, 6.45) is 1.96. The topological polar surface area (TPSA) is 63.6 Å². The summed E-state index contributed by atoms with van der Waals surface area (Å²) in [6, 6.07) is 13.6. The molecule has 0 saturated carbocycles. The Hall–Kier alpha value is -2.46. The minimum Gasteiger partial charge on any atom is -0.491 e. The number of unbranched alkanes of at least 4 members (excludes halogenated alkanes) is 1. The van der Waals surface area contributed by atoms with Crippen LogP contribution in [0.3, 0.4) is 0 Å². The van der Waals surface area contributed by atoms with E-state index < -0.39 is 5.41 Å². The molecule has 2 aromatic carbocycles. The van der Waals surface area contributed by atoms with Gasteiger partial charge >= 0.3 is 0 Å². The lowest BCUT2D eigenvalue weighted by Gasteiger charge is -2.24. The fourth-order valence-corrected chi connectivity index (χ4v) is 3.63.